The zero-order valence-corrected chi connectivity index (χ0v) is 16.3. The molecule has 0 bridgehead atoms. The fourth-order valence-electron chi connectivity index (χ4n) is 4.12. The van der Waals surface area contributed by atoms with Gasteiger partial charge in [-0.15, -0.1) is 0 Å². The predicted molar refractivity (Wildman–Crippen MR) is 119 cm³/mol. The van der Waals surface area contributed by atoms with Crippen molar-refractivity contribution < 1.29 is 0 Å². The van der Waals surface area contributed by atoms with Crippen molar-refractivity contribution in [3.63, 3.8) is 0 Å². The SMILES string of the molecule is Cc1ccc(Cc2cc3ccc(Cc4c5ccccc5cn4N)cc3n2N)n1N. The zero-order valence-electron chi connectivity index (χ0n) is 16.3. The Balaban J connectivity index is 1.51. The Bertz CT molecular complexity index is 1350. The molecule has 0 aliphatic carbocycles. The molecule has 6 nitrogen and oxygen atoms in total. The molecule has 0 fully saturated rings. The van der Waals surface area contributed by atoms with Crippen LogP contribution in [-0.4, -0.2) is 14.0 Å². The highest BCUT2D eigenvalue weighted by molar-refractivity contribution is 5.86. The third-order valence-corrected chi connectivity index (χ3v) is 5.79. The third kappa shape index (κ3) is 2.81. The molecule has 0 spiro atoms. The predicted octanol–water partition coefficient (Wildman–Crippen LogP) is 3.03. The van der Waals surface area contributed by atoms with E-state index in [4.69, 9.17) is 17.5 Å². The molecular weight excluding hydrogens is 360 g/mol. The summed E-state index contributed by atoms with van der Waals surface area (Å²) in [5, 5.41) is 3.44. The minimum absolute atomic E-state index is 0.682. The monoisotopic (exact) mass is 384 g/mol. The maximum absolute atomic E-state index is 6.44. The normalized spacial score (nSPS) is 11.6. The van der Waals surface area contributed by atoms with Gasteiger partial charge in [0.25, 0.3) is 0 Å². The maximum Gasteiger partial charge on any atom is 0.0696 e. The summed E-state index contributed by atoms with van der Waals surface area (Å²) in [6.07, 6.45) is 3.39. The number of hydrogen-bond acceptors (Lipinski definition) is 3. The Kier molecular flexibility index (Phi) is 3.81. The molecule has 2 aromatic carbocycles. The van der Waals surface area contributed by atoms with Crippen LogP contribution in [0.25, 0.3) is 21.7 Å². The average molecular weight is 384 g/mol. The molecule has 5 rings (SSSR count). The van der Waals surface area contributed by atoms with Crippen LogP contribution < -0.4 is 17.5 Å². The Hall–Kier alpha value is -3.80. The lowest BCUT2D eigenvalue weighted by Crippen LogP contribution is -2.17. The van der Waals surface area contributed by atoms with Crippen LogP contribution in [0.5, 0.6) is 0 Å². The van der Waals surface area contributed by atoms with E-state index in [0.29, 0.717) is 6.42 Å². The number of hydrogen-bond donors (Lipinski definition) is 3. The van der Waals surface area contributed by atoms with E-state index in [0.717, 1.165) is 45.5 Å². The van der Waals surface area contributed by atoms with Gasteiger partial charge in [-0.2, -0.15) is 0 Å². The van der Waals surface area contributed by atoms with Crippen LogP contribution in [0, 0.1) is 6.92 Å². The lowest BCUT2D eigenvalue weighted by atomic mass is 10.1. The van der Waals surface area contributed by atoms with E-state index < -0.39 is 0 Å². The lowest BCUT2D eigenvalue weighted by Gasteiger charge is -2.08. The van der Waals surface area contributed by atoms with Crippen LogP contribution in [0.3, 0.4) is 0 Å². The van der Waals surface area contributed by atoms with Crippen molar-refractivity contribution in [2.45, 2.75) is 19.8 Å². The van der Waals surface area contributed by atoms with Gasteiger partial charge in [0.2, 0.25) is 0 Å². The molecule has 5 aromatic rings. The molecule has 146 valence electrons. The number of nitrogens with zero attached hydrogens (tertiary/aromatic N) is 3. The molecule has 29 heavy (non-hydrogen) atoms. The number of aryl methyl sites for hydroxylation is 1. The molecule has 0 saturated heterocycles. The van der Waals surface area contributed by atoms with Crippen LogP contribution in [0.15, 0.2) is 66.9 Å². The second kappa shape index (κ2) is 6.38. The first-order valence-corrected chi connectivity index (χ1v) is 9.66. The number of benzene rings is 2. The summed E-state index contributed by atoms with van der Waals surface area (Å²) in [6, 6.07) is 20.9. The van der Waals surface area contributed by atoms with Gasteiger partial charge in [-0.3, -0.25) is 14.0 Å². The second-order valence-electron chi connectivity index (χ2n) is 7.66. The number of fused-ring (bicyclic) bond motifs is 2. The van der Waals surface area contributed by atoms with Crippen molar-refractivity contribution >= 4 is 21.7 Å². The standard InChI is InChI=1S/C23H24N6/c1-15-6-9-19(28(15)25)13-20-12-17-8-7-16(10-22(17)29(20)26)11-23-21-5-3-2-4-18(21)14-27(23)24/h2-10,12,14H,11,13,24-26H2,1H3. The van der Waals surface area contributed by atoms with Gasteiger partial charge >= 0.3 is 0 Å². The van der Waals surface area contributed by atoms with E-state index in [1.165, 1.54) is 10.9 Å². The highest BCUT2D eigenvalue weighted by Gasteiger charge is 2.13. The van der Waals surface area contributed by atoms with E-state index in [9.17, 15) is 0 Å². The van der Waals surface area contributed by atoms with Crippen molar-refractivity contribution in [1.29, 1.82) is 0 Å². The number of rotatable bonds is 4. The van der Waals surface area contributed by atoms with Crippen molar-refractivity contribution in [3.8, 4) is 0 Å². The Morgan fingerprint density at radius 3 is 2.38 bits per heavy atom. The Morgan fingerprint density at radius 1 is 0.759 bits per heavy atom. The van der Waals surface area contributed by atoms with E-state index in [-0.39, 0.29) is 0 Å². The van der Waals surface area contributed by atoms with E-state index in [2.05, 4.69) is 36.4 Å². The molecule has 0 atom stereocenters. The average Bonchev–Trinajstić information content (AvgIpc) is 3.32. The van der Waals surface area contributed by atoms with Crippen molar-refractivity contribution in [1.82, 2.24) is 14.0 Å². The maximum atomic E-state index is 6.44. The summed E-state index contributed by atoms with van der Waals surface area (Å²) in [4.78, 5) is 0. The van der Waals surface area contributed by atoms with Gasteiger partial charge in [-0.1, -0.05) is 36.4 Å². The van der Waals surface area contributed by atoms with Gasteiger partial charge in [0.05, 0.1) is 11.2 Å². The summed E-state index contributed by atoms with van der Waals surface area (Å²) in [6.45, 7) is 1.99. The van der Waals surface area contributed by atoms with Gasteiger partial charge in [0, 0.05) is 52.3 Å². The fraction of sp³-hybridized carbons (Fsp3) is 0.130. The molecule has 0 unspecified atom stereocenters. The number of nitrogen functional groups attached to an aromatic ring is 3. The molecule has 6 N–H and O–H groups in total. The van der Waals surface area contributed by atoms with Gasteiger partial charge in [0.15, 0.2) is 0 Å². The molecule has 3 heterocycles. The quantitative estimate of drug-likeness (QED) is 0.416. The smallest absolute Gasteiger partial charge is 0.0696 e. The second-order valence-corrected chi connectivity index (χ2v) is 7.66. The molecule has 0 radical (unpaired) electrons. The summed E-state index contributed by atoms with van der Waals surface area (Å²) >= 11 is 0. The topological polar surface area (TPSA) is 92.8 Å². The van der Waals surface area contributed by atoms with Crippen LogP contribution in [-0.2, 0) is 12.8 Å². The first-order chi connectivity index (χ1) is 14.0. The molecule has 3 aromatic heterocycles. The lowest BCUT2D eigenvalue weighted by molar-refractivity contribution is 0.846. The van der Waals surface area contributed by atoms with Crippen molar-refractivity contribution in [3.05, 3.63) is 95.2 Å². The molecule has 0 amide bonds. The molecule has 0 saturated carbocycles. The van der Waals surface area contributed by atoms with E-state index >= 15 is 0 Å². The molecule has 6 heteroatoms. The Labute approximate surface area is 168 Å². The summed E-state index contributed by atoms with van der Waals surface area (Å²) in [7, 11) is 0. The van der Waals surface area contributed by atoms with E-state index in [1.807, 2.05) is 37.4 Å². The van der Waals surface area contributed by atoms with Gasteiger partial charge in [-0.05, 0) is 36.8 Å². The largest absolute Gasteiger partial charge is 0.339 e. The molecular formula is C23H24N6. The molecule has 0 aliphatic heterocycles. The summed E-state index contributed by atoms with van der Waals surface area (Å²) in [5.41, 5.74) is 6.34. The number of nitrogens with two attached hydrogens (primary N) is 3. The molecule has 0 aliphatic rings. The van der Waals surface area contributed by atoms with Crippen LogP contribution >= 0.6 is 0 Å². The minimum atomic E-state index is 0.682. The van der Waals surface area contributed by atoms with Crippen molar-refractivity contribution in [2.24, 2.45) is 0 Å². The highest BCUT2D eigenvalue weighted by Crippen LogP contribution is 2.26. The van der Waals surface area contributed by atoms with Crippen LogP contribution in [0.1, 0.15) is 28.3 Å². The zero-order chi connectivity index (χ0) is 20.1. The summed E-state index contributed by atoms with van der Waals surface area (Å²) in [5.74, 6) is 18.8. The van der Waals surface area contributed by atoms with E-state index in [1.54, 1.807) is 14.0 Å². The first kappa shape index (κ1) is 17.3. The van der Waals surface area contributed by atoms with Crippen LogP contribution in [0.2, 0.25) is 0 Å². The fourth-order valence-corrected chi connectivity index (χ4v) is 4.12. The van der Waals surface area contributed by atoms with Gasteiger partial charge in [-0.25, -0.2) is 0 Å². The minimum Gasteiger partial charge on any atom is -0.339 e. The van der Waals surface area contributed by atoms with Crippen molar-refractivity contribution in [2.75, 3.05) is 17.5 Å². The Morgan fingerprint density at radius 2 is 1.59 bits per heavy atom. The summed E-state index contributed by atoms with van der Waals surface area (Å²) < 4.78 is 5.20. The third-order valence-electron chi connectivity index (χ3n) is 5.79. The first-order valence-electron chi connectivity index (χ1n) is 9.66. The van der Waals surface area contributed by atoms with Gasteiger partial charge < -0.3 is 17.5 Å². The number of aromatic nitrogens is 3. The van der Waals surface area contributed by atoms with Crippen LogP contribution in [0.4, 0.5) is 0 Å². The highest BCUT2D eigenvalue weighted by atomic mass is 15.3. The van der Waals surface area contributed by atoms with Gasteiger partial charge in [0.1, 0.15) is 0 Å².